The second-order valence-electron chi connectivity index (χ2n) is 9.44. The average molecular weight is 555 g/mol. The number of pyridine rings is 1. The summed E-state index contributed by atoms with van der Waals surface area (Å²) in [6.45, 7) is 0.130. The van der Waals surface area contributed by atoms with Gasteiger partial charge in [-0.2, -0.15) is 0 Å². The molecule has 0 aliphatic rings. The average Bonchev–Trinajstić information content (AvgIpc) is 3.27. The number of nitrogens with zero attached hydrogens (tertiary/aromatic N) is 2. The van der Waals surface area contributed by atoms with Crippen LogP contribution in [0.15, 0.2) is 109 Å². The molecule has 0 unspecified atom stereocenters. The van der Waals surface area contributed by atoms with Gasteiger partial charge >= 0.3 is 7.60 Å². The van der Waals surface area contributed by atoms with E-state index in [0.717, 1.165) is 11.1 Å². The van der Waals surface area contributed by atoms with Crippen molar-refractivity contribution in [2.45, 2.75) is 12.6 Å². The first-order valence-electron chi connectivity index (χ1n) is 12.5. The number of rotatable bonds is 7. The lowest BCUT2D eigenvalue weighted by Crippen LogP contribution is -2.13. The SMILES string of the molecule is O=P(O)(O)c1c2cccnc2c(OC(c2ccccc2)c2ccccc2)c2c(O)n(Cc3ccc(F)cc3)cc12. The number of aromatic hydroxyl groups is 1. The number of halogens is 1. The molecule has 0 spiro atoms. The summed E-state index contributed by atoms with van der Waals surface area (Å²) in [4.78, 5) is 25.3. The molecule has 4 aromatic carbocycles. The third-order valence-electron chi connectivity index (χ3n) is 6.81. The summed E-state index contributed by atoms with van der Waals surface area (Å²) in [6.07, 6.45) is 2.38. The van der Waals surface area contributed by atoms with Crippen LogP contribution < -0.4 is 10.0 Å². The van der Waals surface area contributed by atoms with E-state index >= 15 is 0 Å². The molecular formula is C31H24FN2O5P. The van der Waals surface area contributed by atoms with Gasteiger partial charge in [-0.15, -0.1) is 0 Å². The quantitative estimate of drug-likeness (QED) is 0.208. The van der Waals surface area contributed by atoms with E-state index < -0.39 is 19.5 Å². The van der Waals surface area contributed by atoms with Gasteiger partial charge in [0.25, 0.3) is 0 Å². The normalized spacial score (nSPS) is 11.9. The predicted molar refractivity (Wildman–Crippen MR) is 151 cm³/mol. The van der Waals surface area contributed by atoms with Crippen LogP contribution in [0.4, 0.5) is 4.39 Å². The standard InChI is InChI=1S/C31H24FN2O5P/c32-23-15-13-20(14-16-23)18-34-19-25-26(31(34)35)29(27-24(12-7-17-33-27)30(25)40(36,37)38)39-28(21-8-3-1-4-9-21)22-10-5-2-6-11-22/h1-17,19,28,35H,18H2,(H2,36,37,38). The van der Waals surface area contributed by atoms with Crippen molar-refractivity contribution in [2.24, 2.45) is 0 Å². The van der Waals surface area contributed by atoms with Crippen molar-refractivity contribution in [3.8, 4) is 11.6 Å². The van der Waals surface area contributed by atoms with Crippen molar-refractivity contribution in [1.29, 1.82) is 0 Å². The summed E-state index contributed by atoms with van der Waals surface area (Å²) in [5.41, 5.74) is 2.58. The van der Waals surface area contributed by atoms with E-state index in [1.165, 1.54) is 29.1 Å². The summed E-state index contributed by atoms with van der Waals surface area (Å²) in [5, 5.41) is 11.8. The fraction of sp³-hybridized carbons (Fsp3) is 0.0645. The van der Waals surface area contributed by atoms with Crippen LogP contribution in [0.1, 0.15) is 22.8 Å². The van der Waals surface area contributed by atoms with Crippen LogP contribution in [0.2, 0.25) is 0 Å². The van der Waals surface area contributed by atoms with Crippen LogP contribution in [0, 0.1) is 5.82 Å². The molecule has 9 heteroatoms. The third-order valence-corrected chi connectivity index (χ3v) is 7.87. The largest absolute Gasteiger partial charge is 0.494 e. The van der Waals surface area contributed by atoms with Gasteiger partial charge in [0.05, 0.1) is 17.2 Å². The molecule has 6 aromatic rings. The lowest BCUT2D eigenvalue weighted by molar-refractivity contribution is 0.252. The Morgan fingerprint density at radius 1 is 0.850 bits per heavy atom. The van der Waals surface area contributed by atoms with Crippen LogP contribution in [-0.4, -0.2) is 24.4 Å². The minimum Gasteiger partial charge on any atom is -0.494 e. The van der Waals surface area contributed by atoms with Crippen molar-refractivity contribution < 1.29 is 28.6 Å². The topological polar surface area (TPSA) is 105 Å². The van der Waals surface area contributed by atoms with Gasteiger partial charge in [-0.3, -0.25) is 9.55 Å². The lowest BCUT2D eigenvalue weighted by atomic mass is 10.0. The van der Waals surface area contributed by atoms with Crippen molar-refractivity contribution in [3.05, 3.63) is 132 Å². The molecule has 2 aromatic heterocycles. The van der Waals surface area contributed by atoms with Gasteiger partial charge in [0.1, 0.15) is 17.4 Å². The molecule has 200 valence electrons. The maximum atomic E-state index is 13.5. The Kier molecular flexibility index (Phi) is 6.60. The molecule has 2 heterocycles. The number of ether oxygens (including phenoxy) is 1. The summed E-state index contributed by atoms with van der Waals surface area (Å²) in [6, 6.07) is 28.1. The second kappa shape index (κ2) is 10.2. The van der Waals surface area contributed by atoms with Crippen molar-refractivity contribution >= 4 is 34.6 Å². The zero-order valence-electron chi connectivity index (χ0n) is 21.1. The molecule has 0 saturated carbocycles. The van der Waals surface area contributed by atoms with E-state index in [9.17, 15) is 23.8 Å². The second-order valence-corrected chi connectivity index (χ2v) is 11.0. The fourth-order valence-corrected chi connectivity index (χ4v) is 6.01. The molecule has 0 saturated heterocycles. The van der Waals surface area contributed by atoms with Gasteiger partial charge in [0.15, 0.2) is 5.75 Å². The molecule has 40 heavy (non-hydrogen) atoms. The molecule has 0 aliphatic heterocycles. The van der Waals surface area contributed by atoms with Crippen molar-refractivity contribution in [2.75, 3.05) is 0 Å². The Balaban J connectivity index is 1.63. The van der Waals surface area contributed by atoms with Gasteiger partial charge in [0, 0.05) is 23.2 Å². The van der Waals surface area contributed by atoms with Gasteiger partial charge in [-0.25, -0.2) is 4.39 Å². The fourth-order valence-electron chi connectivity index (χ4n) is 5.03. The van der Waals surface area contributed by atoms with E-state index in [1.807, 2.05) is 60.7 Å². The summed E-state index contributed by atoms with van der Waals surface area (Å²) in [5.74, 6) is -0.456. The van der Waals surface area contributed by atoms with Gasteiger partial charge in [-0.05, 0) is 34.9 Å². The zero-order valence-corrected chi connectivity index (χ0v) is 21.9. The minimum absolute atomic E-state index is 0.128. The first-order chi connectivity index (χ1) is 19.3. The molecule has 7 nitrogen and oxygen atoms in total. The maximum absolute atomic E-state index is 13.5. The number of hydrogen-bond acceptors (Lipinski definition) is 4. The maximum Gasteiger partial charge on any atom is 0.357 e. The van der Waals surface area contributed by atoms with E-state index in [1.54, 1.807) is 24.3 Å². The van der Waals surface area contributed by atoms with E-state index in [4.69, 9.17) is 4.74 Å². The molecule has 0 bridgehead atoms. The Bertz CT molecular complexity index is 1830. The smallest absolute Gasteiger partial charge is 0.357 e. The predicted octanol–water partition coefficient (Wildman–Crippen LogP) is 6.05. The van der Waals surface area contributed by atoms with E-state index in [0.29, 0.717) is 5.56 Å². The molecule has 3 N–H and O–H groups in total. The Morgan fingerprint density at radius 3 is 2.08 bits per heavy atom. The highest BCUT2D eigenvalue weighted by molar-refractivity contribution is 7.61. The van der Waals surface area contributed by atoms with Crippen LogP contribution >= 0.6 is 7.60 Å². The van der Waals surface area contributed by atoms with Gasteiger partial charge in [0.2, 0.25) is 5.88 Å². The van der Waals surface area contributed by atoms with Crippen LogP contribution in [0.5, 0.6) is 11.6 Å². The summed E-state index contributed by atoms with van der Waals surface area (Å²) >= 11 is 0. The first-order valence-corrected chi connectivity index (χ1v) is 14.1. The Labute approximate surface area is 228 Å². The highest BCUT2D eigenvalue weighted by Gasteiger charge is 2.32. The van der Waals surface area contributed by atoms with E-state index in [-0.39, 0.29) is 45.2 Å². The molecular weight excluding hydrogens is 530 g/mol. The molecule has 0 atom stereocenters. The van der Waals surface area contributed by atoms with Gasteiger partial charge in [-0.1, -0.05) is 78.9 Å². The van der Waals surface area contributed by atoms with E-state index in [2.05, 4.69) is 4.98 Å². The van der Waals surface area contributed by atoms with Crippen molar-refractivity contribution in [3.63, 3.8) is 0 Å². The van der Waals surface area contributed by atoms with Crippen LogP contribution in [0.25, 0.3) is 21.7 Å². The molecule has 0 fully saturated rings. The number of hydrogen-bond donors (Lipinski definition) is 3. The number of aromatic nitrogens is 2. The van der Waals surface area contributed by atoms with Crippen molar-refractivity contribution in [1.82, 2.24) is 9.55 Å². The summed E-state index contributed by atoms with van der Waals surface area (Å²) in [7, 11) is -4.84. The molecule has 0 radical (unpaired) electrons. The third kappa shape index (κ3) is 4.73. The molecule has 6 rings (SSSR count). The highest BCUT2D eigenvalue weighted by Crippen LogP contribution is 2.48. The summed E-state index contributed by atoms with van der Waals surface area (Å²) < 4.78 is 34.5. The number of fused-ring (bicyclic) bond motifs is 2. The Morgan fingerprint density at radius 2 is 1.48 bits per heavy atom. The first kappa shape index (κ1) is 25.8. The highest BCUT2D eigenvalue weighted by atomic mass is 31.2. The lowest BCUT2D eigenvalue weighted by Gasteiger charge is -2.22. The molecule has 0 amide bonds. The van der Waals surface area contributed by atoms with Crippen LogP contribution in [-0.2, 0) is 11.1 Å². The zero-order chi connectivity index (χ0) is 27.9. The monoisotopic (exact) mass is 554 g/mol. The number of benzene rings is 4. The van der Waals surface area contributed by atoms with Gasteiger partial charge < -0.3 is 24.2 Å². The minimum atomic E-state index is -4.84. The van der Waals surface area contributed by atoms with Crippen LogP contribution in [0.3, 0.4) is 0 Å². The molecule has 0 aliphatic carbocycles. The Hall–Kier alpha value is -4.49.